The molecule has 2 N–H and O–H groups in total. The van der Waals surface area contributed by atoms with Crippen molar-refractivity contribution < 1.29 is 18.7 Å². The van der Waals surface area contributed by atoms with Crippen molar-refractivity contribution in [3.05, 3.63) is 54.3 Å². The van der Waals surface area contributed by atoms with Gasteiger partial charge in [0.2, 0.25) is 0 Å². The summed E-state index contributed by atoms with van der Waals surface area (Å²) in [5, 5.41) is 5.37. The van der Waals surface area contributed by atoms with E-state index in [9.17, 15) is 9.18 Å². The van der Waals surface area contributed by atoms with Crippen LogP contribution < -0.4 is 20.1 Å². The summed E-state index contributed by atoms with van der Waals surface area (Å²) in [7, 11) is 0. The van der Waals surface area contributed by atoms with Crippen LogP contribution in [0.4, 0.5) is 14.9 Å². The summed E-state index contributed by atoms with van der Waals surface area (Å²) >= 11 is 0. The number of amides is 2. The van der Waals surface area contributed by atoms with Gasteiger partial charge in [0.1, 0.15) is 12.4 Å². The van der Waals surface area contributed by atoms with Crippen LogP contribution in [0.3, 0.4) is 0 Å². The van der Waals surface area contributed by atoms with Gasteiger partial charge in [-0.1, -0.05) is 24.3 Å². The molecule has 0 saturated carbocycles. The molecule has 128 valence electrons. The third-order valence-corrected chi connectivity index (χ3v) is 2.98. The van der Waals surface area contributed by atoms with Gasteiger partial charge in [0.15, 0.2) is 11.6 Å². The number of hydrogen-bond acceptors (Lipinski definition) is 3. The lowest BCUT2D eigenvalue weighted by molar-refractivity contribution is 0.240. The molecular formula is C18H21FN2O3. The lowest BCUT2D eigenvalue weighted by atomic mass is 10.3. The zero-order valence-corrected chi connectivity index (χ0v) is 13.7. The summed E-state index contributed by atoms with van der Waals surface area (Å²) in [6, 6.07) is 12.9. The molecule has 6 heteroatoms. The molecule has 2 aromatic carbocycles. The van der Waals surface area contributed by atoms with E-state index in [1.807, 2.05) is 26.0 Å². The molecule has 0 spiro atoms. The van der Waals surface area contributed by atoms with Gasteiger partial charge in [0, 0.05) is 0 Å². The standard InChI is InChI=1S/C18H21FN2O3/c1-13(2)24-17-10-6-4-8-15(17)21-18(22)20-11-12-23-16-9-5-3-7-14(16)19/h3-10,13H,11-12H2,1-2H3,(H2,20,21,22). The fourth-order valence-electron chi connectivity index (χ4n) is 1.98. The number of ether oxygens (including phenoxy) is 2. The van der Waals surface area contributed by atoms with E-state index >= 15 is 0 Å². The first-order valence-corrected chi connectivity index (χ1v) is 7.74. The van der Waals surface area contributed by atoms with Gasteiger partial charge in [-0.3, -0.25) is 0 Å². The predicted molar refractivity (Wildman–Crippen MR) is 91.1 cm³/mol. The number of carbonyl (C=O) groups excluding carboxylic acids is 1. The second kappa shape index (κ2) is 8.76. The topological polar surface area (TPSA) is 59.6 Å². The number of halogens is 1. The van der Waals surface area contributed by atoms with Crippen LogP contribution in [0.5, 0.6) is 11.5 Å². The van der Waals surface area contributed by atoms with Crippen LogP contribution in [-0.2, 0) is 0 Å². The monoisotopic (exact) mass is 332 g/mol. The third kappa shape index (κ3) is 5.46. The molecule has 0 radical (unpaired) electrons. The smallest absolute Gasteiger partial charge is 0.319 e. The highest BCUT2D eigenvalue weighted by molar-refractivity contribution is 5.90. The van der Waals surface area contributed by atoms with Crippen LogP contribution in [-0.4, -0.2) is 25.3 Å². The molecule has 0 aliphatic heterocycles. The molecule has 24 heavy (non-hydrogen) atoms. The molecule has 0 bridgehead atoms. The lowest BCUT2D eigenvalue weighted by Gasteiger charge is -2.15. The summed E-state index contributed by atoms with van der Waals surface area (Å²) < 4.78 is 24.3. The van der Waals surface area contributed by atoms with E-state index in [2.05, 4.69) is 10.6 Å². The van der Waals surface area contributed by atoms with Gasteiger partial charge in [0.25, 0.3) is 0 Å². The number of para-hydroxylation sites is 3. The molecule has 2 aromatic rings. The van der Waals surface area contributed by atoms with Crippen LogP contribution in [0.15, 0.2) is 48.5 Å². The first kappa shape index (κ1) is 17.6. The fourth-order valence-corrected chi connectivity index (χ4v) is 1.98. The molecule has 0 unspecified atom stereocenters. The van der Waals surface area contributed by atoms with Crippen molar-refractivity contribution in [1.29, 1.82) is 0 Å². The molecule has 0 aromatic heterocycles. The molecule has 2 rings (SSSR count). The highest BCUT2D eigenvalue weighted by Gasteiger charge is 2.08. The summed E-state index contributed by atoms with van der Waals surface area (Å²) in [5.74, 6) is 0.336. The minimum absolute atomic E-state index is 0.00480. The van der Waals surface area contributed by atoms with Gasteiger partial charge < -0.3 is 20.1 Å². The van der Waals surface area contributed by atoms with E-state index in [0.29, 0.717) is 11.4 Å². The van der Waals surface area contributed by atoms with Crippen molar-refractivity contribution in [1.82, 2.24) is 5.32 Å². The van der Waals surface area contributed by atoms with Crippen LogP contribution in [0.2, 0.25) is 0 Å². The molecule has 2 amide bonds. The predicted octanol–water partition coefficient (Wildman–Crippen LogP) is 3.81. The molecule has 0 aliphatic rings. The van der Waals surface area contributed by atoms with Crippen LogP contribution >= 0.6 is 0 Å². The van der Waals surface area contributed by atoms with Crippen molar-refractivity contribution in [3.63, 3.8) is 0 Å². The van der Waals surface area contributed by atoms with Crippen molar-refractivity contribution in [2.75, 3.05) is 18.5 Å². The number of benzene rings is 2. The van der Waals surface area contributed by atoms with Crippen molar-refractivity contribution in [2.45, 2.75) is 20.0 Å². The molecule has 0 atom stereocenters. The number of rotatable bonds is 7. The Labute approximate surface area is 140 Å². The largest absolute Gasteiger partial charge is 0.489 e. The van der Waals surface area contributed by atoms with Crippen molar-refractivity contribution >= 4 is 11.7 Å². The SMILES string of the molecule is CC(C)Oc1ccccc1NC(=O)NCCOc1ccccc1F. The zero-order chi connectivity index (χ0) is 17.4. The number of nitrogens with one attached hydrogen (secondary N) is 2. The number of anilines is 1. The van der Waals surface area contributed by atoms with E-state index in [1.54, 1.807) is 24.3 Å². The maximum Gasteiger partial charge on any atom is 0.319 e. The Morgan fingerprint density at radius 3 is 2.46 bits per heavy atom. The lowest BCUT2D eigenvalue weighted by Crippen LogP contribution is -2.32. The summed E-state index contributed by atoms with van der Waals surface area (Å²) in [4.78, 5) is 11.9. The normalized spacial score (nSPS) is 10.3. The molecule has 0 fully saturated rings. The van der Waals surface area contributed by atoms with Crippen LogP contribution in [0, 0.1) is 5.82 Å². The Morgan fingerprint density at radius 2 is 1.75 bits per heavy atom. The van der Waals surface area contributed by atoms with Crippen molar-refractivity contribution in [2.24, 2.45) is 0 Å². The van der Waals surface area contributed by atoms with E-state index in [4.69, 9.17) is 9.47 Å². The van der Waals surface area contributed by atoms with Gasteiger partial charge in [0.05, 0.1) is 18.3 Å². The van der Waals surface area contributed by atoms with E-state index < -0.39 is 5.82 Å². The first-order chi connectivity index (χ1) is 11.6. The van der Waals surface area contributed by atoms with E-state index in [1.165, 1.54) is 12.1 Å². The maximum absolute atomic E-state index is 13.4. The van der Waals surface area contributed by atoms with E-state index in [-0.39, 0.29) is 31.0 Å². The molecule has 0 heterocycles. The summed E-state index contributed by atoms with van der Waals surface area (Å²) in [6.45, 7) is 4.24. The van der Waals surface area contributed by atoms with Crippen LogP contribution in [0.25, 0.3) is 0 Å². The number of carbonyl (C=O) groups is 1. The Bertz CT molecular complexity index is 677. The Kier molecular flexibility index (Phi) is 6.42. The highest BCUT2D eigenvalue weighted by Crippen LogP contribution is 2.24. The molecular weight excluding hydrogens is 311 g/mol. The Morgan fingerprint density at radius 1 is 1.08 bits per heavy atom. The second-order valence-corrected chi connectivity index (χ2v) is 5.32. The minimum atomic E-state index is -0.429. The second-order valence-electron chi connectivity index (χ2n) is 5.32. The van der Waals surface area contributed by atoms with Gasteiger partial charge >= 0.3 is 6.03 Å². The minimum Gasteiger partial charge on any atom is -0.489 e. The summed E-state index contributed by atoms with van der Waals surface area (Å²) in [5.41, 5.74) is 0.582. The number of hydrogen-bond donors (Lipinski definition) is 2. The van der Waals surface area contributed by atoms with Crippen molar-refractivity contribution in [3.8, 4) is 11.5 Å². The van der Waals surface area contributed by atoms with Gasteiger partial charge in [-0.05, 0) is 38.1 Å². The summed E-state index contributed by atoms with van der Waals surface area (Å²) in [6.07, 6.45) is 0.00480. The first-order valence-electron chi connectivity index (χ1n) is 7.74. The average Bonchev–Trinajstić information content (AvgIpc) is 2.54. The highest BCUT2D eigenvalue weighted by atomic mass is 19.1. The maximum atomic E-state index is 13.4. The molecule has 5 nitrogen and oxygen atoms in total. The Hall–Kier alpha value is -2.76. The quantitative estimate of drug-likeness (QED) is 0.758. The van der Waals surface area contributed by atoms with Gasteiger partial charge in [-0.2, -0.15) is 0 Å². The van der Waals surface area contributed by atoms with Gasteiger partial charge in [-0.25, -0.2) is 9.18 Å². The third-order valence-electron chi connectivity index (χ3n) is 2.98. The fraction of sp³-hybridized carbons (Fsp3) is 0.278. The van der Waals surface area contributed by atoms with E-state index in [0.717, 1.165) is 0 Å². The zero-order valence-electron chi connectivity index (χ0n) is 13.7. The Balaban J connectivity index is 1.79. The van der Waals surface area contributed by atoms with Crippen LogP contribution in [0.1, 0.15) is 13.8 Å². The number of urea groups is 1. The molecule has 0 saturated heterocycles. The van der Waals surface area contributed by atoms with Gasteiger partial charge in [-0.15, -0.1) is 0 Å². The molecule has 0 aliphatic carbocycles. The average molecular weight is 332 g/mol.